The van der Waals surface area contributed by atoms with Crippen molar-refractivity contribution in [3.05, 3.63) is 70.5 Å². The molecule has 2 nitrogen and oxygen atoms in total. The van der Waals surface area contributed by atoms with Crippen molar-refractivity contribution in [1.29, 1.82) is 0 Å². The molecule has 3 rings (SSSR count). The van der Waals surface area contributed by atoms with E-state index in [1.807, 2.05) is 0 Å². The van der Waals surface area contributed by atoms with Crippen molar-refractivity contribution in [3.8, 4) is 0 Å². The minimum absolute atomic E-state index is 0.299. The van der Waals surface area contributed by atoms with Crippen LogP contribution in [0.4, 0.5) is 13.2 Å². The fraction of sp³-hybridized carbons (Fsp3) is 0.235. The largest absolute Gasteiger partial charge is 0.331 e. The summed E-state index contributed by atoms with van der Waals surface area (Å²) in [5.74, 6) is -2.39. The van der Waals surface area contributed by atoms with Crippen LogP contribution in [0.3, 0.4) is 0 Å². The molecule has 1 unspecified atom stereocenters. The van der Waals surface area contributed by atoms with E-state index in [1.54, 1.807) is 13.0 Å². The van der Waals surface area contributed by atoms with E-state index >= 15 is 0 Å². The molecular formula is C17H14F3NO. The van der Waals surface area contributed by atoms with Gasteiger partial charge in [0.15, 0.2) is 0 Å². The molecule has 22 heavy (non-hydrogen) atoms. The number of halogens is 3. The molecule has 0 saturated carbocycles. The van der Waals surface area contributed by atoms with Crippen LogP contribution in [0.15, 0.2) is 36.4 Å². The first-order valence-electron chi connectivity index (χ1n) is 7.01. The smallest absolute Gasteiger partial charge is 0.257 e. The van der Waals surface area contributed by atoms with E-state index in [0.29, 0.717) is 18.5 Å². The molecule has 0 spiro atoms. The van der Waals surface area contributed by atoms with Gasteiger partial charge in [0.25, 0.3) is 5.91 Å². The molecule has 2 aromatic rings. The van der Waals surface area contributed by atoms with Gasteiger partial charge in [0.2, 0.25) is 0 Å². The number of carbonyl (C=O) groups excluding carboxylic acids is 1. The lowest BCUT2D eigenvalue weighted by atomic mass is 9.93. The molecule has 0 aromatic heterocycles. The van der Waals surface area contributed by atoms with E-state index in [9.17, 15) is 18.0 Å². The molecule has 1 heterocycles. The fourth-order valence-electron chi connectivity index (χ4n) is 2.88. The quantitative estimate of drug-likeness (QED) is 0.783. The predicted octanol–water partition coefficient (Wildman–Crippen LogP) is 3.86. The highest BCUT2D eigenvalue weighted by Crippen LogP contribution is 2.31. The van der Waals surface area contributed by atoms with Crippen LogP contribution in [0.1, 0.15) is 34.5 Å². The van der Waals surface area contributed by atoms with E-state index in [4.69, 9.17) is 0 Å². The molecule has 5 heteroatoms. The van der Waals surface area contributed by atoms with E-state index in [2.05, 4.69) is 0 Å². The van der Waals surface area contributed by atoms with Crippen LogP contribution in [0.25, 0.3) is 0 Å². The molecule has 0 fully saturated rings. The lowest BCUT2D eigenvalue weighted by Gasteiger charge is -2.35. The zero-order valence-corrected chi connectivity index (χ0v) is 11.9. The molecule has 0 aliphatic carbocycles. The summed E-state index contributed by atoms with van der Waals surface area (Å²) in [4.78, 5) is 13.9. The van der Waals surface area contributed by atoms with Crippen LogP contribution < -0.4 is 0 Å². The number of hydrogen-bond acceptors (Lipinski definition) is 1. The summed E-state index contributed by atoms with van der Waals surface area (Å²) in [7, 11) is 0. The molecule has 0 saturated heterocycles. The van der Waals surface area contributed by atoms with Gasteiger partial charge in [-0.3, -0.25) is 4.79 Å². The maximum Gasteiger partial charge on any atom is 0.257 e. The Morgan fingerprint density at radius 1 is 1.09 bits per heavy atom. The highest BCUT2D eigenvalue weighted by Gasteiger charge is 2.30. The van der Waals surface area contributed by atoms with Crippen molar-refractivity contribution in [2.24, 2.45) is 0 Å². The molecule has 1 amide bonds. The average molecular weight is 305 g/mol. The van der Waals surface area contributed by atoms with Crippen molar-refractivity contribution < 1.29 is 18.0 Å². The second-order valence-electron chi connectivity index (χ2n) is 5.39. The van der Waals surface area contributed by atoms with Crippen molar-refractivity contribution in [1.82, 2.24) is 4.90 Å². The van der Waals surface area contributed by atoms with Crippen molar-refractivity contribution in [3.63, 3.8) is 0 Å². The van der Waals surface area contributed by atoms with Crippen LogP contribution in [0.2, 0.25) is 0 Å². The van der Waals surface area contributed by atoms with Crippen LogP contribution >= 0.6 is 0 Å². The summed E-state index contributed by atoms with van der Waals surface area (Å²) < 4.78 is 40.5. The Balaban J connectivity index is 1.96. The van der Waals surface area contributed by atoms with Gasteiger partial charge in [-0.15, -0.1) is 0 Å². The van der Waals surface area contributed by atoms with E-state index < -0.39 is 23.6 Å². The molecule has 114 valence electrons. The summed E-state index contributed by atoms with van der Waals surface area (Å²) in [6.07, 6.45) is 0.558. The van der Waals surface area contributed by atoms with Gasteiger partial charge in [0.05, 0.1) is 11.6 Å². The lowest BCUT2D eigenvalue weighted by Crippen LogP contribution is -2.39. The number of fused-ring (bicyclic) bond motifs is 1. The highest BCUT2D eigenvalue weighted by molar-refractivity contribution is 5.95. The third-order valence-electron chi connectivity index (χ3n) is 4.07. The topological polar surface area (TPSA) is 20.3 Å². The zero-order chi connectivity index (χ0) is 15.9. The van der Waals surface area contributed by atoms with Gasteiger partial charge in [-0.1, -0.05) is 6.07 Å². The minimum atomic E-state index is -0.761. The van der Waals surface area contributed by atoms with Crippen LogP contribution in [0, 0.1) is 17.5 Å². The third-order valence-corrected chi connectivity index (χ3v) is 4.07. The van der Waals surface area contributed by atoms with E-state index in [-0.39, 0.29) is 11.4 Å². The molecule has 0 bridgehead atoms. The van der Waals surface area contributed by atoms with Gasteiger partial charge < -0.3 is 4.90 Å². The SMILES string of the molecule is CC1c2cc(F)ccc2CCN1C(=O)c1cc(F)ccc1F. The summed E-state index contributed by atoms with van der Waals surface area (Å²) in [6, 6.07) is 6.88. The maximum absolute atomic E-state index is 13.8. The molecule has 1 atom stereocenters. The van der Waals surface area contributed by atoms with Crippen LogP contribution in [0.5, 0.6) is 0 Å². The number of rotatable bonds is 1. The second-order valence-corrected chi connectivity index (χ2v) is 5.39. The Kier molecular flexibility index (Phi) is 3.64. The zero-order valence-electron chi connectivity index (χ0n) is 11.9. The summed E-state index contributed by atoms with van der Waals surface area (Å²) in [6.45, 7) is 2.14. The number of hydrogen-bond donors (Lipinski definition) is 0. The number of benzene rings is 2. The number of nitrogens with zero attached hydrogens (tertiary/aromatic N) is 1. The highest BCUT2D eigenvalue weighted by atomic mass is 19.1. The normalized spacial score (nSPS) is 17.3. The minimum Gasteiger partial charge on any atom is -0.331 e. The van der Waals surface area contributed by atoms with Crippen molar-refractivity contribution in [2.75, 3.05) is 6.54 Å². The maximum atomic E-state index is 13.8. The Bertz CT molecular complexity index is 745. The molecule has 1 aliphatic rings. The van der Waals surface area contributed by atoms with E-state index in [1.165, 1.54) is 17.0 Å². The average Bonchev–Trinajstić information content (AvgIpc) is 2.50. The first-order chi connectivity index (χ1) is 10.5. The van der Waals surface area contributed by atoms with E-state index in [0.717, 1.165) is 23.8 Å². The third kappa shape index (κ3) is 2.47. The summed E-state index contributed by atoms with van der Waals surface area (Å²) >= 11 is 0. The van der Waals surface area contributed by atoms with Gasteiger partial charge in [-0.2, -0.15) is 0 Å². The monoisotopic (exact) mass is 305 g/mol. The Labute approximate surface area is 126 Å². The van der Waals surface area contributed by atoms with Gasteiger partial charge in [-0.25, -0.2) is 13.2 Å². The Morgan fingerprint density at radius 3 is 2.55 bits per heavy atom. The lowest BCUT2D eigenvalue weighted by molar-refractivity contribution is 0.0672. The molecule has 1 aliphatic heterocycles. The molecule has 0 N–H and O–H groups in total. The number of carbonyl (C=O) groups is 1. The van der Waals surface area contributed by atoms with Crippen molar-refractivity contribution in [2.45, 2.75) is 19.4 Å². The van der Waals surface area contributed by atoms with Gasteiger partial charge in [0.1, 0.15) is 17.5 Å². The van der Waals surface area contributed by atoms with Crippen LogP contribution in [-0.2, 0) is 6.42 Å². The summed E-state index contributed by atoms with van der Waals surface area (Å²) in [5, 5.41) is 0. The van der Waals surface area contributed by atoms with Gasteiger partial charge in [0, 0.05) is 6.54 Å². The summed E-state index contributed by atoms with van der Waals surface area (Å²) in [5.41, 5.74) is 1.38. The van der Waals surface area contributed by atoms with Gasteiger partial charge in [-0.05, 0) is 54.8 Å². The first-order valence-corrected chi connectivity index (χ1v) is 7.01. The molecule has 2 aromatic carbocycles. The van der Waals surface area contributed by atoms with Gasteiger partial charge >= 0.3 is 0 Å². The van der Waals surface area contributed by atoms with Crippen molar-refractivity contribution >= 4 is 5.91 Å². The Hall–Kier alpha value is -2.30. The first kappa shape index (κ1) is 14.6. The Morgan fingerprint density at radius 2 is 1.77 bits per heavy atom. The fourth-order valence-corrected chi connectivity index (χ4v) is 2.88. The standard InChI is InChI=1S/C17H14F3NO/c1-10-14-8-12(18)3-2-11(14)6-7-21(10)17(22)15-9-13(19)4-5-16(15)20/h2-5,8-10H,6-7H2,1H3. The number of amides is 1. The molecular weight excluding hydrogens is 291 g/mol. The predicted molar refractivity (Wildman–Crippen MR) is 75.9 cm³/mol. The molecule has 0 radical (unpaired) electrons. The second kappa shape index (κ2) is 5.48. The van der Waals surface area contributed by atoms with Crippen LogP contribution in [-0.4, -0.2) is 17.4 Å².